The summed E-state index contributed by atoms with van der Waals surface area (Å²) in [7, 11) is 0. The molecule has 164 valence electrons. The lowest BCUT2D eigenvalue weighted by molar-refractivity contribution is 0.672. The summed E-state index contributed by atoms with van der Waals surface area (Å²) in [6, 6.07) is 30.1. The predicted octanol–water partition coefficient (Wildman–Crippen LogP) is 7.19. The molecule has 0 bridgehead atoms. The van der Waals surface area contributed by atoms with E-state index in [-0.39, 0.29) is 6.04 Å². The molecule has 3 aromatic heterocycles. The zero-order valence-electron chi connectivity index (χ0n) is 19.1. The largest absolute Gasteiger partial charge is 0.332 e. The van der Waals surface area contributed by atoms with E-state index in [1.807, 2.05) is 12.1 Å². The molecule has 1 unspecified atom stereocenters. The second-order valence-corrected chi connectivity index (χ2v) is 9.92. The molecule has 4 nitrogen and oxygen atoms in total. The molecule has 0 fully saturated rings. The van der Waals surface area contributed by atoms with Crippen molar-refractivity contribution in [3.05, 3.63) is 101 Å². The van der Waals surface area contributed by atoms with Crippen molar-refractivity contribution in [2.75, 3.05) is 0 Å². The molecule has 4 heterocycles. The van der Waals surface area contributed by atoms with Crippen LogP contribution in [0.2, 0.25) is 0 Å². The van der Waals surface area contributed by atoms with Crippen LogP contribution < -0.4 is 0 Å². The Kier molecular flexibility index (Phi) is 3.02. The van der Waals surface area contributed by atoms with E-state index in [1.54, 1.807) is 0 Å². The number of rotatable bonds is 0. The molecule has 4 heteroatoms. The van der Waals surface area contributed by atoms with Crippen molar-refractivity contribution < 1.29 is 0 Å². The maximum absolute atomic E-state index is 9.91. The minimum atomic E-state index is 0.177. The second-order valence-electron chi connectivity index (χ2n) is 9.92. The number of para-hydroxylation sites is 2. The van der Waals surface area contributed by atoms with Crippen LogP contribution >= 0.6 is 0 Å². The van der Waals surface area contributed by atoms with Gasteiger partial charge in [0.05, 0.1) is 51.6 Å². The lowest BCUT2D eigenvalue weighted by Crippen LogP contribution is -2.12. The van der Waals surface area contributed by atoms with Gasteiger partial charge >= 0.3 is 0 Å². The molecule has 1 aliphatic carbocycles. The van der Waals surface area contributed by atoms with Crippen LogP contribution in [0.25, 0.3) is 60.6 Å². The molecule has 0 amide bonds. The minimum absolute atomic E-state index is 0.177. The third-order valence-electron chi connectivity index (χ3n) is 8.46. The van der Waals surface area contributed by atoms with Gasteiger partial charge in [-0.1, -0.05) is 48.5 Å². The van der Waals surface area contributed by atoms with E-state index in [2.05, 4.69) is 87.8 Å². The molecular weight excluding hydrogens is 440 g/mol. The molecule has 2 aliphatic rings. The molecule has 0 radical (unpaired) electrons. The van der Waals surface area contributed by atoms with Gasteiger partial charge < -0.3 is 8.97 Å². The highest BCUT2D eigenvalue weighted by Gasteiger charge is 2.37. The Balaban J connectivity index is 1.45. The normalized spacial score (nSPS) is 16.1. The Labute approximate surface area is 205 Å². The van der Waals surface area contributed by atoms with E-state index in [0.29, 0.717) is 0 Å². The Hall–Kier alpha value is -5.06. The number of hydrogen-bond acceptors (Lipinski definition) is 2. The van der Waals surface area contributed by atoms with Gasteiger partial charge in [-0.2, -0.15) is 10.5 Å². The van der Waals surface area contributed by atoms with Crippen molar-refractivity contribution in [3.63, 3.8) is 0 Å². The average molecular weight is 457 g/mol. The third-order valence-corrected chi connectivity index (χ3v) is 8.46. The Bertz CT molecular complexity index is 2260. The number of benzene rings is 4. The minimum Gasteiger partial charge on any atom is -0.332 e. The number of nitriles is 2. The number of nitrogens with zero attached hydrogens (tertiary/aromatic N) is 4. The first kappa shape index (κ1) is 18.3. The first-order chi connectivity index (χ1) is 17.8. The van der Waals surface area contributed by atoms with E-state index >= 15 is 0 Å². The first-order valence-electron chi connectivity index (χ1n) is 12.2. The van der Waals surface area contributed by atoms with Gasteiger partial charge in [-0.3, -0.25) is 0 Å². The maximum Gasteiger partial charge on any atom is 0.0999 e. The highest BCUT2D eigenvalue weighted by molar-refractivity contribution is 6.21. The van der Waals surface area contributed by atoms with Crippen LogP contribution in [0, 0.1) is 22.7 Å². The molecule has 4 aromatic carbocycles. The summed E-state index contributed by atoms with van der Waals surface area (Å²) in [5.41, 5.74) is 11.2. The third kappa shape index (κ3) is 1.84. The summed E-state index contributed by atoms with van der Waals surface area (Å²) >= 11 is 0. The Morgan fingerprint density at radius 2 is 1.36 bits per heavy atom. The summed E-state index contributed by atoms with van der Waals surface area (Å²) in [4.78, 5) is 0. The zero-order chi connectivity index (χ0) is 23.7. The molecule has 9 rings (SSSR count). The van der Waals surface area contributed by atoms with Gasteiger partial charge in [-0.05, 0) is 41.5 Å². The Morgan fingerprint density at radius 3 is 2.14 bits per heavy atom. The topological polar surface area (TPSA) is 56.9 Å². The lowest BCUT2D eigenvalue weighted by atomic mass is 9.87. The van der Waals surface area contributed by atoms with Crippen LogP contribution in [0.5, 0.6) is 0 Å². The maximum atomic E-state index is 9.91. The number of aromatic nitrogens is 2. The van der Waals surface area contributed by atoms with Crippen LogP contribution in [0.3, 0.4) is 0 Å². The quantitative estimate of drug-likeness (QED) is 0.243. The molecule has 36 heavy (non-hydrogen) atoms. The van der Waals surface area contributed by atoms with Gasteiger partial charge in [0.1, 0.15) is 0 Å². The predicted molar refractivity (Wildman–Crippen MR) is 143 cm³/mol. The van der Waals surface area contributed by atoms with Gasteiger partial charge in [-0.25, -0.2) is 0 Å². The average Bonchev–Trinajstić information content (AvgIpc) is 3.64. The monoisotopic (exact) mass is 456 g/mol. The molecule has 0 saturated carbocycles. The SMILES string of the molecule is N#Cc1ccc2c3c1c1ccccc1n3C1Cc3c(n4c5ccccc5c5c(C#N)ccc3c54)C=C21. The van der Waals surface area contributed by atoms with Crippen molar-refractivity contribution in [2.45, 2.75) is 12.5 Å². The highest BCUT2D eigenvalue weighted by atomic mass is 15.1. The lowest BCUT2D eigenvalue weighted by Gasteiger charge is -2.23. The highest BCUT2D eigenvalue weighted by Crippen LogP contribution is 2.53. The first-order valence-corrected chi connectivity index (χ1v) is 12.2. The van der Waals surface area contributed by atoms with Crippen molar-refractivity contribution >= 4 is 60.6 Å². The fourth-order valence-electron chi connectivity index (χ4n) is 7.14. The standard InChI is InChI=1S/C32H16N4/c33-15-17-9-11-19-23-14-28-24(13-27(23)35-25-7-3-1-5-21(25)29(17)31(19)35)20-12-10-18(16-34)30-22-6-2-4-8-26(22)36(28)32(20)30/h1-13,28H,14H2. The summed E-state index contributed by atoms with van der Waals surface area (Å²) < 4.78 is 4.83. The molecular formula is C32H16N4. The fraction of sp³-hybridized carbons (Fsp3) is 0.0625. The van der Waals surface area contributed by atoms with Crippen molar-refractivity contribution in [1.29, 1.82) is 10.5 Å². The molecule has 0 spiro atoms. The molecule has 7 aromatic rings. The van der Waals surface area contributed by atoms with Gasteiger partial charge in [0.2, 0.25) is 0 Å². The summed E-state index contributed by atoms with van der Waals surface area (Å²) in [6.45, 7) is 0. The van der Waals surface area contributed by atoms with Crippen LogP contribution in [0.1, 0.15) is 34.0 Å². The number of fused-ring (bicyclic) bond motifs is 12. The number of allylic oxidation sites excluding steroid dienone is 1. The van der Waals surface area contributed by atoms with Crippen LogP contribution in [0.15, 0.2) is 72.8 Å². The van der Waals surface area contributed by atoms with E-state index in [4.69, 9.17) is 0 Å². The van der Waals surface area contributed by atoms with Gasteiger partial charge in [-0.15, -0.1) is 0 Å². The van der Waals surface area contributed by atoms with Crippen LogP contribution in [-0.4, -0.2) is 8.97 Å². The summed E-state index contributed by atoms with van der Waals surface area (Å²) in [5.74, 6) is 0. The summed E-state index contributed by atoms with van der Waals surface area (Å²) in [5, 5.41) is 25.4. The van der Waals surface area contributed by atoms with Crippen molar-refractivity contribution in [1.82, 2.24) is 8.97 Å². The van der Waals surface area contributed by atoms with E-state index in [0.717, 1.165) is 50.1 Å². The molecule has 1 atom stereocenters. The van der Waals surface area contributed by atoms with Crippen LogP contribution in [-0.2, 0) is 6.42 Å². The zero-order valence-corrected chi connectivity index (χ0v) is 19.1. The fourth-order valence-corrected chi connectivity index (χ4v) is 7.14. The van der Waals surface area contributed by atoms with Crippen molar-refractivity contribution in [3.8, 4) is 12.1 Å². The smallest absolute Gasteiger partial charge is 0.0999 e. The second kappa shape index (κ2) is 5.95. The number of hydrogen-bond donors (Lipinski definition) is 0. The molecule has 0 saturated heterocycles. The van der Waals surface area contributed by atoms with Gasteiger partial charge in [0.15, 0.2) is 0 Å². The van der Waals surface area contributed by atoms with E-state index in [9.17, 15) is 10.5 Å². The van der Waals surface area contributed by atoms with Crippen LogP contribution in [0.4, 0.5) is 0 Å². The summed E-state index contributed by atoms with van der Waals surface area (Å²) in [6.07, 6.45) is 3.24. The van der Waals surface area contributed by atoms with E-state index in [1.165, 1.54) is 38.8 Å². The van der Waals surface area contributed by atoms with Gasteiger partial charge in [0.25, 0.3) is 0 Å². The van der Waals surface area contributed by atoms with Crippen molar-refractivity contribution in [2.24, 2.45) is 0 Å². The van der Waals surface area contributed by atoms with Gasteiger partial charge in [0, 0.05) is 44.4 Å². The molecule has 0 N–H and O–H groups in total. The molecule has 1 aliphatic heterocycles. The Morgan fingerprint density at radius 1 is 0.694 bits per heavy atom. The van der Waals surface area contributed by atoms with E-state index < -0.39 is 0 Å².